The summed E-state index contributed by atoms with van der Waals surface area (Å²) in [4.78, 5) is 26.0. The molecule has 0 spiro atoms. The van der Waals surface area contributed by atoms with Gasteiger partial charge < -0.3 is 0 Å². The molecule has 0 unspecified atom stereocenters. The van der Waals surface area contributed by atoms with E-state index in [0.717, 1.165) is 32.7 Å². The van der Waals surface area contributed by atoms with Crippen molar-refractivity contribution in [1.82, 2.24) is 20.7 Å². The van der Waals surface area contributed by atoms with E-state index < -0.39 is 0 Å². The van der Waals surface area contributed by atoms with Gasteiger partial charge in [0.25, 0.3) is 11.8 Å². The SMILES string of the molecule is O=C1C=CC(=O)N1CCCCN1CNNC1. The predicted molar refractivity (Wildman–Crippen MR) is 57.8 cm³/mol. The zero-order valence-electron chi connectivity index (χ0n) is 9.11. The van der Waals surface area contributed by atoms with Gasteiger partial charge in [-0.1, -0.05) is 0 Å². The summed E-state index contributed by atoms with van der Waals surface area (Å²) in [5, 5.41) is 0. The monoisotopic (exact) mass is 224 g/mol. The van der Waals surface area contributed by atoms with Crippen molar-refractivity contribution in [2.24, 2.45) is 0 Å². The van der Waals surface area contributed by atoms with Crippen LogP contribution in [0.4, 0.5) is 0 Å². The highest BCUT2D eigenvalue weighted by molar-refractivity contribution is 6.12. The molecule has 0 aliphatic carbocycles. The second-order valence-electron chi connectivity index (χ2n) is 3.93. The van der Waals surface area contributed by atoms with Crippen LogP contribution >= 0.6 is 0 Å². The predicted octanol–water partition coefficient (Wildman–Crippen LogP) is -0.984. The number of nitrogens with zero attached hydrogens (tertiary/aromatic N) is 2. The van der Waals surface area contributed by atoms with E-state index >= 15 is 0 Å². The fourth-order valence-electron chi connectivity index (χ4n) is 1.81. The molecule has 0 radical (unpaired) electrons. The lowest BCUT2D eigenvalue weighted by Gasteiger charge is -2.15. The summed E-state index contributed by atoms with van der Waals surface area (Å²) in [7, 11) is 0. The molecule has 16 heavy (non-hydrogen) atoms. The van der Waals surface area contributed by atoms with Crippen molar-refractivity contribution >= 4 is 11.8 Å². The van der Waals surface area contributed by atoms with Crippen LogP contribution in [0.2, 0.25) is 0 Å². The first-order valence-electron chi connectivity index (χ1n) is 5.49. The highest BCUT2D eigenvalue weighted by Gasteiger charge is 2.22. The van der Waals surface area contributed by atoms with Crippen molar-refractivity contribution in [3.8, 4) is 0 Å². The minimum atomic E-state index is -0.186. The molecule has 2 aliphatic rings. The van der Waals surface area contributed by atoms with Gasteiger partial charge in [0.2, 0.25) is 0 Å². The Kier molecular flexibility index (Phi) is 3.66. The molecule has 6 heteroatoms. The third kappa shape index (κ3) is 2.66. The van der Waals surface area contributed by atoms with Crippen molar-refractivity contribution < 1.29 is 9.59 Å². The summed E-state index contributed by atoms with van der Waals surface area (Å²) in [5.41, 5.74) is 6.03. The van der Waals surface area contributed by atoms with Crippen LogP contribution in [0, 0.1) is 0 Å². The Balaban J connectivity index is 1.61. The van der Waals surface area contributed by atoms with Gasteiger partial charge in [0.05, 0.1) is 13.3 Å². The number of unbranched alkanes of at least 4 members (excludes halogenated alkanes) is 1. The van der Waals surface area contributed by atoms with Crippen LogP contribution in [0.15, 0.2) is 12.2 Å². The Labute approximate surface area is 94.2 Å². The standard InChI is InChI=1S/C10H16N4O2/c15-9-3-4-10(16)14(9)6-2-1-5-13-7-11-12-8-13/h3-4,11-12H,1-2,5-8H2. The number of rotatable bonds is 5. The Bertz CT molecular complexity index is 292. The maximum absolute atomic E-state index is 11.2. The van der Waals surface area contributed by atoms with Gasteiger partial charge in [-0.25, -0.2) is 10.9 Å². The van der Waals surface area contributed by atoms with E-state index in [1.54, 1.807) is 0 Å². The third-order valence-electron chi connectivity index (χ3n) is 2.74. The Morgan fingerprint density at radius 2 is 1.56 bits per heavy atom. The molecule has 88 valence electrons. The largest absolute Gasteiger partial charge is 0.276 e. The summed E-state index contributed by atoms with van der Waals surface area (Å²) in [5.74, 6) is -0.371. The summed E-state index contributed by atoms with van der Waals surface area (Å²) >= 11 is 0. The average molecular weight is 224 g/mol. The highest BCUT2D eigenvalue weighted by Crippen LogP contribution is 2.05. The van der Waals surface area contributed by atoms with Crippen LogP contribution in [0.3, 0.4) is 0 Å². The molecule has 0 saturated carbocycles. The second kappa shape index (κ2) is 5.20. The van der Waals surface area contributed by atoms with Crippen molar-refractivity contribution in [1.29, 1.82) is 0 Å². The van der Waals surface area contributed by atoms with Crippen LogP contribution in [0.1, 0.15) is 12.8 Å². The van der Waals surface area contributed by atoms with Crippen LogP contribution in [0.25, 0.3) is 0 Å². The van der Waals surface area contributed by atoms with Gasteiger partial charge in [0.15, 0.2) is 0 Å². The summed E-state index contributed by atoms with van der Waals surface area (Å²) in [6.07, 6.45) is 4.50. The first kappa shape index (κ1) is 11.3. The molecular weight excluding hydrogens is 208 g/mol. The van der Waals surface area contributed by atoms with E-state index in [1.807, 2.05) is 0 Å². The summed E-state index contributed by atoms with van der Waals surface area (Å²) < 4.78 is 0. The number of carbonyl (C=O) groups is 2. The van der Waals surface area contributed by atoms with Crippen molar-refractivity contribution in [3.63, 3.8) is 0 Å². The van der Waals surface area contributed by atoms with Gasteiger partial charge in [-0.05, 0) is 12.8 Å². The smallest absolute Gasteiger partial charge is 0.253 e. The van der Waals surface area contributed by atoms with Crippen molar-refractivity contribution in [2.75, 3.05) is 26.4 Å². The van der Waals surface area contributed by atoms with Crippen molar-refractivity contribution in [2.45, 2.75) is 12.8 Å². The van der Waals surface area contributed by atoms with Crippen LogP contribution < -0.4 is 10.9 Å². The van der Waals surface area contributed by atoms with E-state index in [4.69, 9.17) is 0 Å². The summed E-state index contributed by atoms with van der Waals surface area (Å²) in [6, 6.07) is 0. The lowest BCUT2D eigenvalue weighted by atomic mass is 10.3. The molecule has 1 fully saturated rings. The third-order valence-corrected chi connectivity index (χ3v) is 2.74. The molecule has 2 heterocycles. The molecule has 0 atom stereocenters. The van der Waals surface area contributed by atoms with Gasteiger partial charge in [0.1, 0.15) is 0 Å². The Hall–Kier alpha value is -1.24. The Morgan fingerprint density at radius 3 is 2.19 bits per heavy atom. The zero-order chi connectivity index (χ0) is 11.4. The quantitative estimate of drug-likeness (QED) is 0.464. The molecule has 2 rings (SSSR count). The molecular formula is C10H16N4O2. The molecule has 2 aliphatic heterocycles. The fourth-order valence-corrected chi connectivity index (χ4v) is 1.81. The number of imide groups is 1. The molecule has 0 aromatic heterocycles. The molecule has 0 aromatic carbocycles. The number of hydrogen-bond acceptors (Lipinski definition) is 5. The first-order chi connectivity index (χ1) is 7.77. The van der Waals surface area contributed by atoms with Gasteiger partial charge >= 0.3 is 0 Å². The number of hydrogen-bond donors (Lipinski definition) is 2. The van der Waals surface area contributed by atoms with Gasteiger partial charge in [0, 0.05) is 25.2 Å². The maximum Gasteiger partial charge on any atom is 0.253 e. The number of amides is 2. The Morgan fingerprint density at radius 1 is 1.00 bits per heavy atom. The van der Waals surface area contributed by atoms with Gasteiger partial charge in [-0.3, -0.25) is 19.4 Å². The number of carbonyl (C=O) groups excluding carboxylic acids is 2. The molecule has 1 saturated heterocycles. The maximum atomic E-state index is 11.2. The van der Waals surface area contributed by atoms with Gasteiger partial charge in [-0.15, -0.1) is 0 Å². The summed E-state index contributed by atoms with van der Waals surface area (Å²) in [6.45, 7) is 3.20. The second-order valence-corrected chi connectivity index (χ2v) is 3.93. The molecule has 6 nitrogen and oxygen atoms in total. The van der Waals surface area contributed by atoms with E-state index in [0.29, 0.717) is 6.54 Å². The average Bonchev–Trinajstić information content (AvgIpc) is 2.87. The lowest BCUT2D eigenvalue weighted by molar-refractivity contribution is -0.136. The van der Waals surface area contributed by atoms with Gasteiger partial charge in [-0.2, -0.15) is 0 Å². The van der Waals surface area contributed by atoms with E-state index in [-0.39, 0.29) is 11.8 Å². The van der Waals surface area contributed by atoms with Crippen LogP contribution in [0.5, 0.6) is 0 Å². The first-order valence-corrected chi connectivity index (χ1v) is 5.49. The van der Waals surface area contributed by atoms with E-state index in [9.17, 15) is 9.59 Å². The topological polar surface area (TPSA) is 64.7 Å². The zero-order valence-corrected chi connectivity index (χ0v) is 9.11. The highest BCUT2D eigenvalue weighted by atomic mass is 16.2. The molecule has 0 bridgehead atoms. The lowest BCUT2D eigenvalue weighted by Crippen LogP contribution is -2.31. The van der Waals surface area contributed by atoms with Crippen molar-refractivity contribution in [3.05, 3.63) is 12.2 Å². The molecule has 0 aromatic rings. The van der Waals surface area contributed by atoms with Crippen LogP contribution in [-0.4, -0.2) is 48.0 Å². The van der Waals surface area contributed by atoms with Crippen LogP contribution in [-0.2, 0) is 9.59 Å². The molecule has 2 N–H and O–H groups in total. The van der Waals surface area contributed by atoms with E-state index in [1.165, 1.54) is 17.1 Å². The number of nitrogens with one attached hydrogen (secondary N) is 2. The normalized spacial score (nSPS) is 21.4. The van der Waals surface area contributed by atoms with E-state index in [2.05, 4.69) is 15.8 Å². The fraction of sp³-hybridized carbons (Fsp3) is 0.600. The minimum Gasteiger partial charge on any atom is -0.276 e. The number of hydrazine groups is 1. The molecule has 2 amide bonds. The minimum absolute atomic E-state index is 0.186.